The Kier molecular flexibility index (Phi) is 5.65. The van der Waals surface area contributed by atoms with E-state index in [0.717, 1.165) is 26.2 Å². The molecule has 1 heterocycles. The normalized spacial score (nSPS) is 18.1. The Bertz CT molecular complexity index is 188. The van der Waals surface area contributed by atoms with Gasteiger partial charge in [-0.1, -0.05) is 19.8 Å². The zero-order valence-electron chi connectivity index (χ0n) is 9.74. The molecule has 0 spiro atoms. The monoisotopic (exact) mass is 213 g/mol. The van der Waals surface area contributed by atoms with Crippen LogP contribution in [0.4, 0.5) is 0 Å². The Morgan fingerprint density at radius 1 is 1.20 bits per heavy atom. The fraction of sp³-hybridized carbons (Fsp3) is 0.909. The molecule has 0 radical (unpaired) electrons. The molecule has 2 N–H and O–H groups in total. The van der Waals surface area contributed by atoms with Gasteiger partial charge in [0, 0.05) is 26.2 Å². The van der Waals surface area contributed by atoms with Crippen LogP contribution in [0.2, 0.25) is 0 Å². The van der Waals surface area contributed by atoms with Crippen LogP contribution in [0.1, 0.15) is 26.2 Å². The van der Waals surface area contributed by atoms with E-state index in [4.69, 9.17) is 5.73 Å². The third kappa shape index (κ3) is 4.18. The summed E-state index contributed by atoms with van der Waals surface area (Å²) in [5.74, 6) is 0.0863. The maximum atomic E-state index is 11.3. The van der Waals surface area contributed by atoms with Crippen LogP contribution in [0.25, 0.3) is 0 Å². The maximum Gasteiger partial charge on any atom is 0.236 e. The minimum absolute atomic E-state index is 0.0863. The van der Waals surface area contributed by atoms with E-state index in [1.165, 1.54) is 25.8 Å². The number of carbonyl (C=O) groups is 1. The SMILES string of the molecule is CCCCCN1CCN(C(=O)CN)CC1. The average molecular weight is 213 g/mol. The van der Waals surface area contributed by atoms with Gasteiger partial charge >= 0.3 is 0 Å². The van der Waals surface area contributed by atoms with Crippen molar-refractivity contribution in [2.45, 2.75) is 26.2 Å². The molecule has 4 nitrogen and oxygen atoms in total. The van der Waals surface area contributed by atoms with Gasteiger partial charge in [-0.05, 0) is 13.0 Å². The van der Waals surface area contributed by atoms with Gasteiger partial charge < -0.3 is 10.6 Å². The number of hydrogen-bond donors (Lipinski definition) is 1. The van der Waals surface area contributed by atoms with Crippen molar-refractivity contribution in [1.82, 2.24) is 9.80 Å². The number of amides is 1. The molecule has 0 aromatic carbocycles. The minimum atomic E-state index is 0.0863. The number of nitrogens with two attached hydrogens (primary N) is 1. The number of unbranched alkanes of at least 4 members (excludes halogenated alkanes) is 2. The highest BCUT2D eigenvalue weighted by molar-refractivity contribution is 5.78. The van der Waals surface area contributed by atoms with Crippen molar-refractivity contribution in [3.63, 3.8) is 0 Å². The molecule has 1 fully saturated rings. The van der Waals surface area contributed by atoms with Crippen LogP contribution < -0.4 is 5.73 Å². The first kappa shape index (κ1) is 12.5. The second-order valence-electron chi connectivity index (χ2n) is 4.13. The molecule has 15 heavy (non-hydrogen) atoms. The molecule has 4 heteroatoms. The summed E-state index contributed by atoms with van der Waals surface area (Å²) >= 11 is 0. The zero-order valence-corrected chi connectivity index (χ0v) is 9.74. The predicted octanol–water partition coefficient (Wildman–Crippen LogP) is 0.280. The summed E-state index contributed by atoms with van der Waals surface area (Å²) in [6.45, 7) is 7.27. The van der Waals surface area contributed by atoms with Crippen LogP contribution >= 0.6 is 0 Å². The molecule has 0 saturated carbocycles. The van der Waals surface area contributed by atoms with Crippen LogP contribution in [-0.2, 0) is 4.79 Å². The van der Waals surface area contributed by atoms with E-state index >= 15 is 0 Å². The lowest BCUT2D eigenvalue weighted by Crippen LogP contribution is -2.50. The summed E-state index contributed by atoms with van der Waals surface area (Å²) in [4.78, 5) is 15.6. The smallest absolute Gasteiger partial charge is 0.236 e. The van der Waals surface area contributed by atoms with Crippen molar-refractivity contribution in [3.8, 4) is 0 Å². The number of hydrogen-bond acceptors (Lipinski definition) is 3. The number of nitrogens with zero attached hydrogens (tertiary/aromatic N) is 2. The number of rotatable bonds is 5. The maximum absolute atomic E-state index is 11.3. The standard InChI is InChI=1S/C11H23N3O/c1-2-3-4-5-13-6-8-14(9-7-13)11(15)10-12/h2-10,12H2,1H3. The van der Waals surface area contributed by atoms with Crippen molar-refractivity contribution in [1.29, 1.82) is 0 Å². The van der Waals surface area contributed by atoms with Crippen LogP contribution in [-0.4, -0.2) is 55.0 Å². The van der Waals surface area contributed by atoms with Gasteiger partial charge in [0.25, 0.3) is 0 Å². The quantitative estimate of drug-likeness (QED) is 0.667. The molecule has 1 aliphatic rings. The van der Waals surface area contributed by atoms with Crippen LogP contribution in [0.15, 0.2) is 0 Å². The second kappa shape index (κ2) is 6.80. The molecule has 0 aromatic rings. The fourth-order valence-corrected chi connectivity index (χ4v) is 1.94. The topological polar surface area (TPSA) is 49.6 Å². The van der Waals surface area contributed by atoms with Gasteiger partial charge in [0.2, 0.25) is 5.91 Å². The highest BCUT2D eigenvalue weighted by atomic mass is 16.2. The molecule has 0 bridgehead atoms. The van der Waals surface area contributed by atoms with Gasteiger partial charge in [0.15, 0.2) is 0 Å². The summed E-state index contributed by atoms with van der Waals surface area (Å²) in [6.07, 6.45) is 3.86. The van der Waals surface area contributed by atoms with E-state index in [2.05, 4.69) is 11.8 Å². The van der Waals surface area contributed by atoms with Crippen LogP contribution in [0.5, 0.6) is 0 Å². The molecule has 1 aliphatic heterocycles. The van der Waals surface area contributed by atoms with Gasteiger partial charge in [-0.15, -0.1) is 0 Å². The van der Waals surface area contributed by atoms with Crippen LogP contribution in [0.3, 0.4) is 0 Å². The lowest BCUT2D eigenvalue weighted by atomic mass is 10.2. The second-order valence-corrected chi connectivity index (χ2v) is 4.13. The molecule has 0 unspecified atom stereocenters. The molecule has 0 aromatic heterocycles. The molecule has 0 atom stereocenters. The zero-order chi connectivity index (χ0) is 11.1. The molecule has 1 saturated heterocycles. The van der Waals surface area contributed by atoms with E-state index in [-0.39, 0.29) is 12.5 Å². The first-order valence-corrected chi connectivity index (χ1v) is 5.98. The Morgan fingerprint density at radius 2 is 1.87 bits per heavy atom. The summed E-state index contributed by atoms with van der Waals surface area (Å²) in [5.41, 5.74) is 5.33. The van der Waals surface area contributed by atoms with Crippen molar-refractivity contribution in [2.24, 2.45) is 5.73 Å². The lowest BCUT2D eigenvalue weighted by molar-refractivity contribution is -0.131. The number of carbonyl (C=O) groups excluding carboxylic acids is 1. The van der Waals surface area contributed by atoms with Crippen molar-refractivity contribution < 1.29 is 4.79 Å². The molecule has 88 valence electrons. The molecule has 1 amide bonds. The summed E-state index contributed by atoms with van der Waals surface area (Å²) in [5, 5.41) is 0. The largest absolute Gasteiger partial charge is 0.339 e. The van der Waals surface area contributed by atoms with Gasteiger partial charge in [0.1, 0.15) is 0 Å². The van der Waals surface area contributed by atoms with Crippen molar-refractivity contribution >= 4 is 5.91 Å². The molecule has 0 aliphatic carbocycles. The molecular weight excluding hydrogens is 190 g/mol. The van der Waals surface area contributed by atoms with Crippen LogP contribution in [0, 0.1) is 0 Å². The first-order chi connectivity index (χ1) is 7.27. The van der Waals surface area contributed by atoms with E-state index in [1.54, 1.807) is 0 Å². The van der Waals surface area contributed by atoms with E-state index in [9.17, 15) is 4.79 Å². The Balaban J connectivity index is 2.15. The van der Waals surface area contributed by atoms with Gasteiger partial charge in [-0.25, -0.2) is 0 Å². The van der Waals surface area contributed by atoms with Crippen molar-refractivity contribution in [3.05, 3.63) is 0 Å². The Morgan fingerprint density at radius 3 is 2.40 bits per heavy atom. The van der Waals surface area contributed by atoms with Crippen molar-refractivity contribution in [2.75, 3.05) is 39.3 Å². The van der Waals surface area contributed by atoms with E-state index < -0.39 is 0 Å². The highest BCUT2D eigenvalue weighted by Crippen LogP contribution is 2.04. The Hall–Kier alpha value is -0.610. The molecular formula is C11H23N3O. The van der Waals surface area contributed by atoms with E-state index in [1.807, 2.05) is 4.90 Å². The van der Waals surface area contributed by atoms with E-state index in [0.29, 0.717) is 0 Å². The Labute approximate surface area is 92.4 Å². The summed E-state index contributed by atoms with van der Waals surface area (Å²) in [7, 11) is 0. The molecule has 1 rings (SSSR count). The predicted molar refractivity (Wildman–Crippen MR) is 61.6 cm³/mol. The number of piperazine rings is 1. The fourth-order valence-electron chi connectivity index (χ4n) is 1.94. The highest BCUT2D eigenvalue weighted by Gasteiger charge is 2.19. The minimum Gasteiger partial charge on any atom is -0.339 e. The first-order valence-electron chi connectivity index (χ1n) is 5.98. The third-order valence-electron chi connectivity index (χ3n) is 2.98. The van der Waals surface area contributed by atoms with Gasteiger partial charge in [-0.3, -0.25) is 9.69 Å². The average Bonchev–Trinajstić information content (AvgIpc) is 2.29. The summed E-state index contributed by atoms with van der Waals surface area (Å²) < 4.78 is 0. The lowest BCUT2D eigenvalue weighted by Gasteiger charge is -2.34. The third-order valence-corrected chi connectivity index (χ3v) is 2.98. The summed E-state index contributed by atoms with van der Waals surface area (Å²) in [6, 6.07) is 0. The van der Waals surface area contributed by atoms with Gasteiger partial charge in [0.05, 0.1) is 6.54 Å². The van der Waals surface area contributed by atoms with Gasteiger partial charge in [-0.2, -0.15) is 0 Å².